The first-order valence-corrected chi connectivity index (χ1v) is 5.45. The lowest BCUT2D eigenvalue weighted by Crippen LogP contribution is -2.01. The number of phenolic OH excluding ortho intramolecular Hbond substituents is 2. The van der Waals surface area contributed by atoms with E-state index in [1.807, 2.05) is 12.1 Å². The van der Waals surface area contributed by atoms with Gasteiger partial charge in [0.25, 0.3) is 0 Å². The monoisotopic (exact) mass is 230 g/mol. The van der Waals surface area contributed by atoms with E-state index in [9.17, 15) is 10.2 Å². The summed E-state index contributed by atoms with van der Waals surface area (Å²) >= 11 is 0. The van der Waals surface area contributed by atoms with E-state index in [1.54, 1.807) is 36.4 Å². The molecule has 0 aromatic heterocycles. The van der Waals surface area contributed by atoms with Crippen molar-refractivity contribution in [2.45, 2.75) is 6.42 Å². The van der Waals surface area contributed by atoms with E-state index in [2.05, 4.69) is 0 Å². The van der Waals surface area contributed by atoms with Crippen LogP contribution in [-0.4, -0.2) is 16.8 Å². The average molecular weight is 230 g/mol. The average Bonchev–Trinajstić information content (AvgIpc) is 2.34. The van der Waals surface area contributed by atoms with Crippen molar-refractivity contribution in [1.82, 2.24) is 0 Å². The largest absolute Gasteiger partial charge is 0.508 e. The van der Waals surface area contributed by atoms with E-state index in [-0.39, 0.29) is 11.5 Å². The number of hydrogen-bond acceptors (Lipinski definition) is 3. The molecule has 0 aliphatic rings. The zero-order valence-corrected chi connectivity index (χ0v) is 9.34. The normalized spacial score (nSPS) is 10.1. The Morgan fingerprint density at radius 1 is 0.824 bits per heavy atom. The molecule has 0 radical (unpaired) electrons. The van der Waals surface area contributed by atoms with Gasteiger partial charge in [-0.15, -0.1) is 0 Å². The molecule has 2 aromatic rings. The van der Waals surface area contributed by atoms with Gasteiger partial charge in [-0.2, -0.15) is 0 Å². The quantitative estimate of drug-likeness (QED) is 0.849. The molecule has 0 aliphatic heterocycles. The zero-order chi connectivity index (χ0) is 12.1. The first-order valence-electron chi connectivity index (χ1n) is 5.45. The van der Waals surface area contributed by atoms with Gasteiger partial charge in [-0.25, -0.2) is 0 Å². The molecule has 0 fully saturated rings. The standard InChI is InChI=1S/C14H14O3/c15-12-6-2-1-5-11(12)9-10-17-14-8-4-3-7-13(14)16/h1-8,15-16H,9-10H2. The predicted molar refractivity (Wildman–Crippen MR) is 65.4 cm³/mol. The van der Waals surface area contributed by atoms with Crippen LogP contribution in [0.15, 0.2) is 48.5 Å². The van der Waals surface area contributed by atoms with Crippen molar-refractivity contribution in [3.63, 3.8) is 0 Å². The molecular formula is C14H14O3. The Labute approximate surface area is 99.9 Å². The minimum Gasteiger partial charge on any atom is -0.508 e. The second kappa shape index (κ2) is 5.25. The Hall–Kier alpha value is -2.16. The molecule has 2 rings (SSSR count). The third-order valence-electron chi connectivity index (χ3n) is 2.49. The van der Waals surface area contributed by atoms with E-state index in [1.165, 1.54) is 0 Å². The lowest BCUT2D eigenvalue weighted by atomic mass is 10.1. The Morgan fingerprint density at radius 3 is 2.18 bits per heavy atom. The molecule has 0 amide bonds. The fourth-order valence-corrected chi connectivity index (χ4v) is 1.57. The Kier molecular flexibility index (Phi) is 3.50. The van der Waals surface area contributed by atoms with E-state index in [0.717, 1.165) is 5.56 Å². The summed E-state index contributed by atoms with van der Waals surface area (Å²) in [7, 11) is 0. The second-order valence-corrected chi connectivity index (χ2v) is 3.69. The van der Waals surface area contributed by atoms with E-state index >= 15 is 0 Å². The van der Waals surface area contributed by atoms with Crippen LogP contribution in [0.1, 0.15) is 5.56 Å². The van der Waals surface area contributed by atoms with Gasteiger partial charge >= 0.3 is 0 Å². The third-order valence-corrected chi connectivity index (χ3v) is 2.49. The maximum Gasteiger partial charge on any atom is 0.160 e. The Balaban J connectivity index is 1.93. The number of phenols is 2. The molecule has 88 valence electrons. The number of hydrogen-bond donors (Lipinski definition) is 2. The fourth-order valence-electron chi connectivity index (χ4n) is 1.57. The lowest BCUT2D eigenvalue weighted by molar-refractivity contribution is 0.301. The van der Waals surface area contributed by atoms with Crippen LogP contribution >= 0.6 is 0 Å². The molecule has 2 N–H and O–H groups in total. The van der Waals surface area contributed by atoms with E-state index in [4.69, 9.17) is 4.74 Å². The van der Waals surface area contributed by atoms with Gasteiger partial charge in [-0.05, 0) is 23.8 Å². The number of aromatic hydroxyl groups is 2. The summed E-state index contributed by atoms with van der Waals surface area (Å²) in [5, 5.41) is 19.0. The highest BCUT2D eigenvalue weighted by Crippen LogP contribution is 2.24. The van der Waals surface area contributed by atoms with E-state index in [0.29, 0.717) is 18.8 Å². The summed E-state index contributed by atoms with van der Waals surface area (Å²) in [5.41, 5.74) is 0.836. The molecule has 17 heavy (non-hydrogen) atoms. The summed E-state index contributed by atoms with van der Waals surface area (Å²) in [6.45, 7) is 0.412. The van der Waals surface area contributed by atoms with Gasteiger partial charge in [0.15, 0.2) is 11.5 Å². The van der Waals surface area contributed by atoms with E-state index < -0.39 is 0 Å². The van der Waals surface area contributed by atoms with Crippen LogP contribution in [0.3, 0.4) is 0 Å². The summed E-state index contributed by atoms with van der Waals surface area (Å²) in [6, 6.07) is 14.0. The van der Waals surface area contributed by atoms with Crippen molar-refractivity contribution in [1.29, 1.82) is 0 Å². The minimum absolute atomic E-state index is 0.129. The highest BCUT2D eigenvalue weighted by Gasteiger charge is 2.02. The lowest BCUT2D eigenvalue weighted by Gasteiger charge is -2.08. The van der Waals surface area contributed by atoms with Crippen LogP contribution < -0.4 is 4.74 Å². The van der Waals surface area contributed by atoms with Crippen molar-refractivity contribution in [3.8, 4) is 17.2 Å². The van der Waals surface area contributed by atoms with Crippen molar-refractivity contribution in [2.24, 2.45) is 0 Å². The summed E-state index contributed by atoms with van der Waals surface area (Å²) in [6.07, 6.45) is 0.598. The highest BCUT2D eigenvalue weighted by molar-refractivity contribution is 5.38. The maximum absolute atomic E-state index is 9.56. The molecule has 0 atom stereocenters. The fraction of sp³-hybridized carbons (Fsp3) is 0.143. The van der Waals surface area contributed by atoms with Crippen molar-refractivity contribution in [2.75, 3.05) is 6.61 Å². The predicted octanol–water partition coefficient (Wildman–Crippen LogP) is 2.72. The number of para-hydroxylation sites is 3. The summed E-state index contributed by atoms with van der Waals surface area (Å²) in [5.74, 6) is 0.862. The van der Waals surface area contributed by atoms with Crippen LogP contribution in [0.5, 0.6) is 17.2 Å². The molecule has 0 bridgehead atoms. The first-order chi connectivity index (χ1) is 8.27. The van der Waals surface area contributed by atoms with Gasteiger partial charge in [0.2, 0.25) is 0 Å². The number of benzene rings is 2. The van der Waals surface area contributed by atoms with Gasteiger partial charge < -0.3 is 14.9 Å². The highest BCUT2D eigenvalue weighted by atomic mass is 16.5. The molecule has 0 saturated carbocycles. The molecule has 0 saturated heterocycles. The Bertz CT molecular complexity index is 449. The number of rotatable bonds is 4. The Morgan fingerprint density at radius 2 is 1.47 bits per heavy atom. The third kappa shape index (κ3) is 2.91. The number of ether oxygens (including phenoxy) is 1. The molecule has 0 heterocycles. The molecular weight excluding hydrogens is 216 g/mol. The summed E-state index contributed by atoms with van der Waals surface area (Å²) < 4.78 is 5.43. The van der Waals surface area contributed by atoms with Crippen molar-refractivity contribution in [3.05, 3.63) is 54.1 Å². The SMILES string of the molecule is Oc1ccccc1CCOc1ccccc1O. The first kappa shape index (κ1) is 11.3. The van der Waals surface area contributed by atoms with Crippen molar-refractivity contribution >= 4 is 0 Å². The van der Waals surface area contributed by atoms with Crippen molar-refractivity contribution < 1.29 is 14.9 Å². The smallest absolute Gasteiger partial charge is 0.160 e. The van der Waals surface area contributed by atoms with Gasteiger partial charge in [-0.3, -0.25) is 0 Å². The molecule has 0 unspecified atom stereocenters. The molecule has 2 aromatic carbocycles. The molecule has 3 heteroatoms. The zero-order valence-electron chi connectivity index (χ0n) is 9.34. The maximum atomic E-state index is 9.56. The topological polar surface area (TPSA) is 49.7 Å². The van der Waals surface area contributed by atoms with Crippen LogP contribution in [-0.2, 0) is 6.42 Å². The molecule has 3 nitrogen and oxygen atoms in total. The van der Waals surface area contributed by atoms with Gasteiger partial charge in [-0.1, -0.05) is 30.3 Å². The van der Waals surface area contributed by atoms with Gasteiger partial charge in [0.1, 0.15) is 5.75 Å². The van der Waals surface area contributed by atoms with Crippen LogP contribution in [0, 0.1) is 0 Å². The van der Waals surface area contributed by atoms with Crippen LogP contribution in [0.2, 0.25) is 0 Å². The molecule has 0 spiro atoms. The molecule has 0 aliphatic carbocycles. The summed E-state index contributed by atoms with van der Waals surface area (Å²) in [4.78, 5) is 0. The van der Waals surface area contributed by atoms with Crippen LogP contribution in [0.25, 0.3) is 0 Å². The van der Waals surface area contributed by atoms with Crippen LogP contribution in [0.4, 0.5) is 0 Å². The second-order valence-electron chi connectivity index (χ2n) is 3.69. The van der Waals surface area contributed by atoms with Gasteiger partial charge in [0, 0.05) is 6.42 Å². The minimum atomic E-state index is 0.129. The van der Waals surface area contributed by atoms with Gasteiger partial charge in [0.05, 0.1) is 6.61 Å².